The van der Waals surface area contributed by atoms with Crippen LogP contribution in [0.5, 0.6) is 5.75 Å². The van der Waals surface area contributed by atoms with Crippen molar-refractivity contribution in [1.82, 2.24) is 4.90 Å². The Morgan fingerprint density at radius 1 is 1.37 bits per heavy atom. The summed E-state index contributed by atoms with van der Waals surface area (Å²) in [6.45, 7) is 3.35. The number of carbonyl (C=O) groups is 2. The predicted molar refractivity (Wildman–Crippen MR) is 105 cm³/mol. The van der Waals surface area contributed by atoms with Gasteiger partial charge in [-0.2, -0.15) is 0 Å². The van der Waals surface area contributed by atoms with Crippen molar-refractivity contribution in [2.24, 2.45) is 0 Å². The lowest BCUT2D eigenvalue weighted by atomic mass is 10.1. The Balaban J connectivity index is 2.08. The number of nitrogens with zero attached hydrogens (tertiary/aromatic N) is 1. The molecule has 0 aromatic heterocycles. The van der Waals surface area contributed by atoms with Crippen LogP contribution in [0.25, 0.3) is 0 Å². The van der Waals surface area contributed by atoms with Crippen LogP contribution in [0.4, 0.5) is 0 Å². The Kier molecular flexibility index (Phi) is 7.27. The van der Waals surface area contributed by atoms with Gasteiger partial charge in [-0.1, -0.05) is 6.92 Å². The number of methoxy groups -OCH3 is 1. The number of halogens is 1. The standard InChI is InChI=1S/C18H24BrNO6S/c1-4-12(2)20(13-7-8-27(23,24)11-13)17(21)10-26-18(22)15-9-14(25-3)5-6-16(15)19/h5-6,9,12-13H,4,7-8,10-11H2,1-3H3. The minimum atomic E-state index is -3.13. The molecule has 1 aliphatic rings. The second kappa shape index (κ2) is 9.05. The third-order valence-corrected chi connectivity index (χ3v) is 7.12. The van der Waals surface area contributed by atoms with E-state index in [2.05, 4.69) is 15.9 Å². The molecule has 0 radical (unpaired) electrons. The van der Waals surface area contributed by atoms with Gasteiger partial charge in [0.15, 0.2) is 16.4 Å². The molecule has 7 nitrogen and oxygen atoms in total. The normalized spacial score (nSPS) is 19.3. The van der Waals surface area contributed by atoms with Gasteiger partial charge in [0.05, 0.1) is 24.2 Å². The first-order valence-corrected chi connectivity index (χ1v) is 11.3. The number of amides is 1. The van der Waals surface area contributed by atoms with Crippen molar-refractivity contribution >= 4 is 37.6 Å². The molecule has 0 saturated carbocycles. The van der Waals surface area contributed by atoms with Crippen molar-refractivity contribution in [2.45, 2.75) is 38.8 Å². The van der Waals surface area contributed by atoms with Gasteiger partial charge in [0.2, 0.25) is 0 Å². The highest BCUT2D eigenvalue weighted by Gasteiger charge is 2.36. The maximum absolute atomic E-state index is 12.7. The van der Waals surface area contributed by atoms with Crippen LogP contribution in [0, 0.1) is 0 Å². The van der Waals surface area contributed by atoms with E-state index in [0.29, 0.717) is 23.1 Å². The Morgan fingerprint density at radius 2 is 2.07 bits per heavy atom. The number of benzene rings is 1. The molecule has 2 rings (SSSR count). The zero-order valence-electron chi connectivity index (χ0n) is 15.6. The summed E-state index contributed by atoms with van der Waals surface area (Å²) in [5, 5.41) is 0. The zero-order valence-corrected chi connectivity index (χ0v) is 18.0. The molecule has 1 aromatic carbocycles. The minimum absolute atomic E-state index is 0.0432. The summed E-state index contributed by atoms with van der Waals surface area (Å²) < 4.78 is 34.4. The monoisotopic (exact) mass is 461 g/mol. The summed E-state index contributed by atoms with van der Waals surface area (Å²) in [5.41, 5.74) is 0.251. The van der Waals surface area contributed by atoms with Crippen LogP contribution >= 0.6 is 15.9 Å². The van der Waals surface area contributed by atoms with Gasteiger partial charge in [0.1, 0.15) is 5.75 Å². The smallest absolute Gasteiger partial charge is 0.339 e. The maximum Gasteiger partial charge on any atom is 0.339 e. The lowest BCUT2D eigenvalue weighted by Crippen LogP contribution is -2.48. The van der Waals surface area contributed by atoms with Crippen LogP contribution in [-0.4, -0.2) is 62.5 Å². The van der Waals surface area contributed by atoms with Crippen molar-refractivity contribution in [3.8, 4) is 5.75 Å². The summed E-state index contributed by atoms with van der Waals surface area (Å²) in [5.74, 6) is -0.516. The Hall–Kier alpha value is -1.61. The first-order chi connectivity index (χ1) is 12.7. The SMILES string of the molecule is CCC(C)N(C(=O)COC(=O)c1cc(OC)ccc1Br)C1CCS(=O)(=O)C1. The number of hydrogen-bond donors (Lipinski definition) is 0. The van der Waals surface area contributed by atoms with Crippen LogP contribution in [-0.2, 0) is 19.4 Å². The van der Waals surface area contributed by atoms with Crippen molar-refractivity contribution in [2.75, 3.05) is 25.2 Å². The van der Waals surface area contributed by atoms with Gasteiger partial charge in [0, 0.05) is 16.6 Å². The largest absolute Gasteiger partial charge is 0.497 e. The zero-order chi connectivity index (χ0) is 20.2. The molecule has 1 fully saturated rings. The summed E-state index contributed by atoms with van der Waals surface area (Å²) in [4.78, 5) is 26.6. The minimum Gasteiger partial charge on any atom is -0.497 e. The first-order valence-electron chi connectivity index (χ1n) is 8.70. The van der Waals surface area contributed by atoms with E-state index in [4.69, 9.17) is 9.47 Å². The van der Waals surface area contributed by atoms with Gasteiger partial charge in [-0.3, -0.25) is 4.79 Å². The molecule has 1 aromatic rings. The van der Waals surface area contributed by atoms with E-state index in [-0.39, 0.29) is 35.1 Å². The van der Waals surface area contributed by atoms with Gasteiger partial charge in [0.25, 0.3) is 5.91 Å². The molecule has 1 amide bonds. The molecule has 2 unspecified atom stereocenters. The third-order valence-electron chi connectivity index (χ3n) is 4.68. The molecular weight excluding hydrogens is 438 g/mol. The quantitative estimate of drug-likeness (QED) is 0.579. The van der Waals surface area contributed by atoms with Gasteiger partial charge >= 0.3 is 5.97 Å². The van der Waals surface area contributed by atoms with E-state index < -0.39 is 22.4 Å². The topological polar surface area (TPSA) is 90.0 Å². The molecule has 9 heteroatoms. The number of carbonyl (C=O) groups excluding carboxylic acids is 2. The highest BCUT2D eigenvalue weighted by molar-refractivity contribution is 9.10. The molecule has 0 bridgehead atoms. The lowest BCUT2D eigenvalue weighted by Gasteiger charge is -2.33. The maximum atomic E-state index is 12.7. The molecule has 1 heterocycles. The predicted octanol–water partition coefficient (Wildman–Crippen LogP) is 2.43. The number of sulfone groups is 1. The highest BCUT2D eigenvalue weighted by Crippen LogP contribution is 2.24. The van der Waals surface area contributed by atoms with Crippen molar-refractivity contribution in [3.63, 3.8) is 0 Å². The van der Waals surface area contributed by atoms with E-state index in [0.717, 1.165) is 0 Å². The summed E-state index contributed by atoms with van der Waals surface area (Å²) in [6, 6.07) is 4.36. The van der Waals surface area contributed by atoms with E-state index in [1.54, 1.807) is 17.0 Å². The Morgan fingerprint density at radius 3 is 2.63 bits per heavy atom. The highest BCUT2D eigenvalue weighted by atomic mass is 79.9. The molecular formula is C18H24BrNO6S. The van der Waals surface area contributed by atoms with Crippen LogP contribution < -0.4 is 4.74 Å². The van der Waals surface area contributed by atoms with E-state index in [1.165, 1.54) is 13.2 Å². The first kappa shape index (κ1) is 21.7. The fraction of sp³-hybridized carbons (Fsp3) is 0.556. The van der Waals surface area contributed by atoms with Gasteiger partial charge in [-0.15, -0.1) is 0 Å². The second-order valence-corrected chi connectivity index (χ2v) is 9.62. The van der Waals surface area contributed by atoms with Crippen LogP contribution in [0.3, 0.4) is 0 Å². The number of ether oxygens (including phenoxy) is 2. The molecule has 0 spiro atoms. The Labute approximate surface area is 168 Å². The number of esters is 1. The average molecular weight is 462 g/mol. The van der Waals surface area contributed by atoms with E-state index >= 15 is 0 Å². The summed E-state index contributed by atoms with van der Waals surface area (Å²) in [6.07, 6.45) is 1.09. The summed E-state index contributed by atoms with van der Waals surface area (Å²) in [7, 11) is -1.64. The fourth-order valence-electron chi connectivity index (χ4n) is 3.07. The molecule has 0 N–H and O–H groups in total. The molecule has 150 valence electrons. The Bertz CT molecular complexity index is 810. The van der Waals surface area contributed by atoms with Crippen molar-refractivity contribution in [3.05, 3.63) is 28.2 Å². The van der Waals surface area contributed by atoms with Gasteiger partial charge < -0.3 is 14.4 Å². The molecule has 1 aliphatic heterocycles. The van der Waals surface area contributed by atoms with Crippen LogP contribution in [0.15, 0.2) is 22.7 Å². The van der Waals surface area contributed by atoms with Crippen LogP contribution in [0.1, 0.15) is 37.0 Å². The molecule has 2 atom stereocenters. The lowest BCUT2D eigenvalue weighted by molar-refractivity contribution is -0.138. The van der Waals surface area contributed by atoms with E-state index in [1.807, 2.05) is 13.8 Å². The van der Waals surface area contributed by atoms with E-state index in [9.17, 15) is 18.0 Å². The van der Waals surface area contributed by atoms with Gasteiger partial charge in [-0.25, -0.2) is 13.2 Å². The second-order valence-electron chi connectivity index (χ2n) is 6.54. The van der Waals surface area contributed by atoms with Crippen molar-refractivity contribution in [1.29, 1.82) is 0 Å². The molecule has 0 aliphatic carbocycles. The number of hydrogen-bond acceptors (Lipinski definition) is 6. The van der Waals surface area contributed by atoms with Crippen LogP contribution in [0.2, 0.25) is 0 Å². The summed E-state index contributed by atoms with van der Waals surface area (Å²) >= 11 is 3.28. The fourth-order valence-corrected chi connectivity index (χ4v) is 5.19. The number of rotatable bonds is 7. The van der Waals surface area contributed by atoms with Gasteiger partial charge in [-0.05, 0) is 53.9 Å². The average Bonchev–Trinajstić information content (AvgIpc) is 2.99. The third kappa shape index (κ3) is 5.44. The van der Waals surface area contributed by atoms with Crippen molar-refractivity contribution < 1.29 is 27.5 Å². The molecule has 27 heavy (non-hydrogen) atoms. The molecule has 1 saturated heterocycles.